The molecule has 1 unspecified atom stereocenters. The zero-order valence-electron chi connectivity index (χ0n) is 13.3. The van der Waals surface area contributed by atoms with Gasteiger partial charge in [-0.25, -0.2) is 0 Å². The number of hydrogen-bond acceptors (Lipinski definition) is 3. The summed E-state index contributed by atoms with van der Waals surface area (Å²) in [6.45, 7) is 1.41. The molecule has 0 radical (unpaired) electrons. The van der Waals surface area contributed by atoms with Gasteiger partial charge in [-0.05, 0) is 55.7 Å². The van der Waals surface area contributed by atoms with Gasteiger partial charge in [-0.15, -0.1) is 0 Å². The Balaban J connectivity index is 1.52. The minimum absolute atomic E-state index is 0.123. The Labute approximate surface area is 136 Å². The van der Waals surface area contributed by atoms with Crippen molar-refractivity contribution in [3.63, 3.8) is 0 Å². The molecule has 0 saturated carbocycles. The van der Waals surface area contributed by atoms with Crippen molar-refractivity contribution in [2.45, 2.75) is 25.4 Å². The van der Waals surface area contributed by atoms with E-state index in [4.69, 9.17) is 9.47 Å². The maximum absolute atomic E-state index is 12.1. The molecular formula is C18H22N2O3. The van der Waals surface area contributed by atoms with Crippen LogP contribution in [0.3, 0.4) is 0 Å². The summed E-state index contributed by atoms with van der Waals surface area (Å²) in [5.74, 6) is 0.665. The van der Waals surface area contributed by atoms with Crippen LogP contribution in [0.1, 0.15) is 29.8 Å². The first-order chi connectivity index (χ1) is 11.2. The van der Waals surface area contributed by atoms with Gasteiger partial charge in [0, 0.05) is 25.5 Å². The second kappa shape index (κ2) is 7.33. The van der Waals surface area contributed by atoms with Gasteiger partial charge in [-0.2, -0.15) is 0 Å². The molecule has 1 N–H and O–H groups in total. The van der Waals surface area contributed by atoms with Crippen molar-refractivity contribution in [1.82, 2.24) is 4.57 Å². The Bertz CT molecular complexity index is 643. The third-order valence-electron chi connectivity index (χ3n) is 4.00. The van der Waals surface area contributed by atoms with Crippen molar-refractivity contribution in [2.75, 3.05) is 18.5 Å². The maximum Gasteiger partial charge on any atom is 0.272 e. The molecule has 5 heteroatoms. The summed E-state index contributed by atoms with van der Waals surface area (Å²) in [5, 5.41) is 2.88. The summed E-state index contributed by atoms with van der Waals surface area (Å²) in [5.41, 5.74) is 1.37. The van der Waals surface area contributed by atoms with Crippen LogP contribution in [-0.4, -0.2) is 29.8 Å². The molecular weight excluding hydrogens is 292 g/mol. The van der Waals surface area contributed by atoms with Crippen molar-refractivity contribution < 1.29 is 14.3 Å². The molecule has 0 spiro atoms. The number of amides is 1. The Morgan fingerprint density at radius 1 is 1.30 bits per heavy atom. The Morgan fingerprint density at radius 2 is 2.13 bits per heavy atom. The summed E-state index contributed by atoms with van der Waals surface area (Å²) < 4.78 is 13.2. The number of aryl methyl sites for hydroxylation is 1. The van der Waals surface area contributed by atoms with E-state index in [1.54, 1.807) is 10.6 Å². The highest BCUT2D eigenvalue weighted by molar-refractivity contribution is 6.03. The normalized spacial score (nSPS) is 17.7. The number of hydrogen-bond donors (Lipinski definition) is 1. The number of carbonyl (C=O) groups excluding carboxylic acids is 1. The van der Waals surface area contributed by atoms with Crippen LogP contribution in [0.15, 0.2) is 42.6 Å². The molecule has 1 aliphatic rings. The zero-order valence-corrected chi connectivity index (χ0v) is 13.3. The first-order valence-corrected chi connectivity index (χ1v) is 7.99. The van der Waals surface area contributed by atoms with E-state index in [1.165, 1.54) is 6.42 Å². The number of carbonyl (C=O) groups is 1. The molecule has 0 aliphatic carbocycles. The predicted molar refractivity (Wildman–Crippen MR) is 88.9 cm³/mol. The largest absolute Gasteiger partial charge is 0.491 e. The fourth-order valence-corrected chi connectivity index (χ4v) is 2.65. The van der Waals surface area contributed by atoms with Gasteiger partial charge in [0.25, 0.3) is 5.91 Å². The van der Waals surface area contributed by atoms with Gasteiger partial charge in [0.1, 0.15) is 18.1 Å². The third-order valence-corrected chi connectivity index (χ3v) is 4.00. The van der Waals surface area contributed by atoms with Crippen molar-refractivity contribution in [1.29, 1.82) is 0 Å². The lowest BCUT2D eigenvalue weighted by molar-refractivity contribution is -0.0110. The van der Waals surface area contributed by atoms with Crippen molar-refractivity contribution in [2.24, 2.45) is 7.05 Å². The number of ether oxygens (including phenoxy) is 2. The molecule has 1 aliphatic heterocycles. The average molecular weight is 314 g/mol. The van der Waals surface area contributed by atoms with Gasteiger partial charge in [0.15, 0.2) is 0 Å². The van der Waals surface area contributed by atoms with Gasteiger partial charge in [-0.1, -0.05) is 0 Å². The van der Waals surface area contributed by atoms with Crippen LogP contribution >= 0.6 is 0 Å². The predicted octanol–water partition coefficient (Wildman–Crippen LogP) is 3.23. The summed E-state index contributed by atoms with van der Waals surface area (Å²) in [4.78, 5) is 12.1. The molecule has 1 atom stereocenters. The van der Waals surface area contributed by atoms with Crippen LogP contribution in [0.5, 0.6) is 5.75 Å². The quantitative estimate of drug-likeness (QED) is 0.922. The number of nitrogens with zero attached hydrogens (tertiary/aromatic N) is 1. The van der Waals surface area contributed by atoms with Crippen LogP contribution in [-0.2, 0) is 11.8 Å². The second-order valence-electron chi connectivity index (χ2n) is 5.78. The first kappa shape index (κ1) is 15.6. The van der Waals surface area contributed by atoms with E-state index in [9.17, 15) is 4.79 Å². The molecule has 2 aromatic rings. The van der Waals surface area contributed by atoms with Crippen LogP contribution in [0, 0.1) is 0 Å². The van der Waals surface area contributed by atoms with Crippen molar-refractivity contribution in [3.05, 3.63) is 48.3 Å². The highest BCUT2D eigenvalue weighted by Gasteiger charge is 2.14. The number of rotatable bonds is 5. The molecule has 0 bridgehead atoms. The monoisotopic (exact) mass is 314 g/mol. The Morgan fingerprint density at radius 3 is 2.78 bits per heavy atom. The molecule has 5 nitrogen and oxygen atoms in total. The van der Waals surface area contributed by atoms with Crippen molar-refractivity contribution in [3.8, 4) is 5.75 Å². The average Bonchev–Trinajstić information content (AvgIpc) is 3.01. The number of benzene rings is 1. The second-order valence-corrected chi connectivity index (χ2v) is 5.78. The lowest BCUT2D eigenvalue weighted by Crippen LogP contribution is -2.25. The van der Waals surface area contributed by atoms with Crippen molar-refractivity contribution >= 4 is 11.6 Å². The van der Waals surface area contributed by atoms with Gasteiger partial charge in [-0.3, -0.25) is 4.79 Å². The molecule has 1 amide bonds. The van der Waals surface area contributed by atoms with E-state index < -0.39 is 0 Å². The highest BCUT2D eigenvalue weighted by Crippen LogP contribution is 2.19. The Hall–Kier alpha value is -2.27. The molecule has 1 aromatic heterocycles. The van der Waals surface area contributed by atoms with E-state index in [1.807, 2.05) is 43.6 Å². The third kappa shape index (κ3) is 4.13. The zero-order chi connectivity index (χ0) is 16.1. The molecule has 1 fully saturated rings. The van der Waals surface area contributed by atoms with E-state index in [0.717, 1.165) is 30.9 Å². The molecule has 1 saturated heterocycles. The van der Waals surface area contributed by atoms with E-state index in [-0.39, 0.29) is 12.0 Å². The molecule has 122 valence electrons. The van der Waals surface area contributed by atoms with E-state index >= 15 is 0 Å². The number of anilines is 1. The lowest BCUT2D eigenvalue weighted by Gasteiger charge is -2.22. The molecule has 2 heterocycles. The molecule has 3 rings (SSSR count). The maximum atomic E-state index is 12.1. The van der Waals surface area contributed by atoms with E-state index in [0.29, 0.717) is 12.3 Å². The number of aromatic nitrogens is 1. The first-order valence-electron chi connectivity index (χ1n) is 7.99. The van der Waals surface area contributed by atoms with Gasteiger partial charge in [0.2, 0.25) is 0 Å². The summed E-state index contributed by atoms with van der Waals surface area (Å²) >= 11 is 0. The summed E-state index contributed by atoms with van der Waals surface area (Å²) in [6.07, 6.45) is 5.45. The van der Waals surface area contributed by atoms with Crippen LogP contribution in [0.2, 0.25) is 0 Å². The minimum atomic E-state index is -0.123. The fourth-order valence-electron chi connectivity index (χ4n) is 2.65. The van der Waals surface area contributed by atoms with Crippen LogP contribution in [0.4, 0.5) is 5.69 Å². The van der Waals surface area contributed by atoms with Crippen LogP contribution in [0.25, 0.3) is 0 Å². The highest BCUT2D eigenvalue weighted by atomic mass is 16.5. The standard InChI is InChI=1S/C18H22N2O3/c1-20-11-4-6-17(20)18(21)19-14-7-9-15(10-8-14)23-13-16-5-2-3-12-22-16/h4,6-11,16H,2-3,5,12-13H2,1H3,(H,19,21). The fraction of sp³-hybridized carbons (Fsp3) is 0.389. The van der Waals surface area contributed by atoms with Gasteiger partial charge < -0.3 is 19.4 Å². The summed E-state index contributed by atoms with van der Waals surface area (Å²) in [7, 11) is 1.85. The minimum Gasteiger partial charge on any atom is -0.491 e. The lowest BCUT2D eigenvalue weighted by atomic mass is 10.1. The number of nitrogens with one attached hydrogen (secondary N) is 1. The SMILES string of the molecule is Cn1cccc1C(=O)Nc1ccc(OCC2CCCCO2)cc1. The topological polar surface area (TPSA) is 52.5 Å². The Kier molecular flexibility index (Phi) is 4.98. The smallest absolute Gasteiger partial charge is 0.272 e. The molecule has 23 heavy (non-hydrogen) atoms. The van der Waals surface area contributed by atoms with Gasteiger partial charge >= 0.3 is 0 Å². The van der Waals surface area contributed by atoms with E-state index in [2.05, 4.69) is 5.32 Å². The summed E-state index contributed by atoms with van der Waals surface area (Å²) in [6, 6.07) is 11.1. The molecule has 1 aromatic carbocycles. The van der Waals surface area contributed by atoms with Crippen LogP contribution < -0.4 is 10.1 Å². The van der Waals surface area contributed by atoms with Gasteiger partial charge in [0.05, 0.1) is 6.10 Å².